The van der Waals surface area contributed by atoms with Gasteiger partial charge in [0.05, 0.1) is 0 Å². The van der Waals surface area contributed by atoms with E-state index in [0.29, 0.717) is 5.69 Å². The van der Waals surface area contributed by atoms with Crippen molar-refractivity contribution in [3.8, 4) is 0 Å². The molecule has 0 radical (unpaired) electrons. The third-order valence-corrected chi connectivity index (χ3v) is 3.66. The topological polar surface area (TPSA) is 74.6 Å². The second-order valence-electron chi connectivity index (χ2n) is 5.15. The number of carbonyl (C=O) groups excluding carboxylic acids is 1. The van der Waals surface area contributed by atoms with E-state index in [4.69, 9.17) is 5.11 Å². The molecule has 0 spiro atoms. The zero-order valence-corrected chi connectivity index (χ0v) is 12.0. The maximum atomic E-state index is 12.6. The third-order valence-electron chi connectivity index (χ3n) is 3.66. The van der Waals surface area contributed by atoms with Gasteiger partial charge in [-0.05, 0) is 38.1 Å². The van der Waals surface area contributed by atoms with Crippen molar-refractivity contribution >= 4 is 11.9 Å². The Labute approximate surface area is 124 Å². The van der Waals surface area contributed by atoms with Crippen LogP contribution in [0.25, 0.3) is 0 Å². The number of nitrogens with one attached hydrogen (secondary N) is 1. The van der Waals surface area contributed by atoms with Crippen LogP contribution in [-0.2, 0) is 4.79 Å². The van der Waals surface area contributed by atoms with Crippen LogP contribution < -0.4 is 5.32 Å². The van der Waals surface area contributed by atoms with E-state index >= 15 is 0 Å². The van der Waals surface area contributed by atoms with Gasteiger partial charge in [0.15, 0.2) is 0 Å². The SMILES string of the molecule is C=CCN(CC(=O)O)C(=O)c1cccn1C1CCNCC1. The van der Waals surface area contributed by atoms with E-state index < -0.39 is 5.97 Å². The second-order valence-corrected chi connectivity index (χ2v) is 5.15. The molecule has 1 aliphatic heterocycles. The number of rotatable bonds is 6. The Morgan fingerprint density at radius 2 is 2.19 bits per heavy atom. The molecule has 0 unspecified atom stereocenters. The summed E-state index contributed by atoms with van der Waals surface area (Å²) in [7, 11) is 0. The first kappa shape index (κ1) is 15.3. The summed E-state index contributed by atoms with van der Waals surface area (Å²) >= 11 is 0. The lowest BCUT2D eigenvalue weighted by atomic mass is 10.1. The molecule has 6 nitrogen and oxygen atoms in total. The van der Waals surface area contributed by atoms with E-state index in [1.807, 2.05) is 16.8 Å². The molecule has 1 amide bonds. The first-order valence-corrected chi connectivity index (χ1v) is 7.13. The van der Waals surface area contributed by atoms with Gasteiger partial charge in [0, 0.05) is 18.8 Å². The highest BCUT2D eigenvalue weighted by Gasteiger charge is 2.24. The molecular weight excluding hydrogens is 270 g/mol. The van der Waals surface area contributed by atoms with Gasteiger partial charge in [-0.1, -0.05) is 6.08 Å². The third kappa shape index (κ3) is 3.72. The van der Waals surface area contributed by atoms with Gasteiger partial charge in [0.25, 0.3) is 5.91 Å². The zero-order valence-electron chi connectivity index (χ0n) is 12.0. The van der Waals surface area contributed by atoms with Crippen LogP contribution in [0.15, 0.2) is 31.0 Å². The van der Waals surface area contributed by atoms with Gasteiger partial charge in [-0.3, -0.25) is 9.59 Å². The minimum Gasteiger partial charge on any atom is -0.480 e. The van der Waals surface area contributed by atoms with Gasteiger partial charge >= 0.3 is 5.97 Å². The fourth-order valence-corrected chi connectivity index (χ4v) is 2.68. The predicted molar refractivity (Wildman–Crippen MR) is 79.3 cm³/mol. The summed E-state index contributed by atoms with van der Waals surface area (Å²) in [6.45, 7) is 5.35. The molecule has 2 rings (SSSR count). The van der Waals surface area contributed by atoms with Crippen LogP contribution in [-0.4, -0.2) is 52.6 Å². The van der Waals surface area contributed by atoms with E-state index in [-0.39, 0.29) is 25.0 Å². The summed E-state index contributed by atoms with van der Waals surface area (Å²) in [6, 6.07) is 3.88. The van der Waals surface area contributed by atoms with Crippen molar-refractivity contribution < 1.29 is 14.7 Å². The van der Waals surface area contributed by atoms with E-state index in [2.05, 4.69) is 11.9 Å². The Morgan fingerprint density at radius 1 is 1.48 bits per heavy atom. The van der Waals surface area contributed by atoms with Gasteiger partial charge in [0.1, 0.15) is 12.2 Å². The number of amides is 1. The van der Waals surface area contributed by atoms with E-state index in [1.165, 1.54) is 4.90 Å². The summed E-state index contributed by atoms with van der Waals surface area (Å²) in [5, 5.41) is 12.2. The molecule has 0 bridgehead atoms. The van der Waals surface area contributed by atoms with Crippen LogP contribution in [0.1, 0.15) is 29.4 Å². The Bertz CT molecular complexity index is 518. The molecule has 0 aliphatic carbocycles. The Balaban J connectivity index is 2.19. The Kier molecular flexibility index (Phi) is 5.16. The molecule has 6 heteroatoms. The maximum absolute atomic E-state index is 12.6. The number of carbonyl (C=O) groups is 2. The van der Waals surface area contributed by atoms with E-state index in [0.717, 1.165) is 25.9 Å². The van der Waals surface area contributed by atoms with Crippen LogP contribution in [0.3, 0.4) is 0 Å². The quantitative estimate of drug-likeness (QED) is 0.770. The molecule has 0 saturated carbocycles. The Hall–Kier alpha value is -2.08. The van der Waals surface area contributed by atoms with Crippen LogP contribution in [0.2, 0.25) is 0 Å². The molecular formula is C15H21N3O3. The highest BCUT2D eigenvalue weighted by Crippen LogP contribution is 2.22. The van der Waals surface area contributed by atoms with Crippen molar-refractivity contribution in [1.29, 1.82) is 0 Å². The normalized spacial score (nSPS) is 15.6. The van der Waals surface area contributed by atoms with Gasteiger partial charge in [-0.15, -0.1) is 6.58 Å². The molecule has 1 aromatic heterocycles. The summed E-state index contributed by atoms with van der Waals surface area (Å²) in [6.07, 6.45) is 5.37. The lowest BCUT2D eigenvalue weighted by molar-refractivity contribution is -0.137. The second kappa shape index (κ2) is 7.08. The smallest absolute Gasteiger partial charge is 0.323 e. The number of piperidine rings is 1. The minimum atomic E-state index is -1.02. The lowest BCUT2D eigenvalue weighted by Crippen LogP contribution is -2.38. The first-order chi connectivity index (χ1) is 10.1. The predicted octanol–water partition coefficient (Wildman–Crippen LogP) is 1.13. The van der Waals surface area contributed by atoms with Crippen LogP contribution >= 0.6 is 0 Å². The monoisotopic (exact) mass is 291 g/mol. The van der Waals surface area contributed by atoms with Gasteiger partial charge in [0.2, 0.25) is 0 Å². The first-order valence-electron chi connectivity index (χ1n) is 7.13. The number of aliphatic carboxylic acids is 1. The fourth-order valence-electron chi connectivity index (χ4n) is 2.68. The molecule has 21 heavy (non-hydrogen) atoms. The molecule has 1 saturated heterocycles. The lowest BCUT2D eigenvalue weighted by Gasteiger charge is -2.27. The summed E-state index contributed by atoms with van der Waals surface area (Å²) in [4.78, 5) is 24.8. The molecule has 2 heterocycles. The molecule has 1 aromatic rings. The van der Waals surface area contributed by atoms with Crippen LogP contribution in [0.5, 0.6) is 0 Å². The maximum Gasteiger partial charge on any atom is 0.323 e. The van der Waals surface area contributed by atoms with Crippen molar-refractivity contribution in [2.45, 2.75) is 18.9 Å². The van der Waals surface area contributed by atoms with Crippen LogP contribution in [0, 0.1) is 0 Å². The molecule has 2 N–H and O–H groups in total. The number of carboxylic acid groups (broad SMARTS) is 1. The molecule has 1 fully saturated rings. The molecule has 1 aliphatic rings. The van der Waals surface area contributed by atoms with Crippen LogP contribution in [0.4, 0.5) is 0 Å². The van der Waals surface area contributed by atoms with Gasteiger partial charge < -0.3 is 19.9 Å². The van der Waals surface area contributed by atoms with Crippen molar-refractivity contribution in [3.63, 3.8) is 0 Å². The van der Waals surface area contributed by atoms with E-state index in [1.54, 1.807) is 12.1 Å². The summed E-state index contributed by atoms with van der Waals surface area (Å²) in [5.41, 5.74) is 0.546. The van der Waals surface area contributed by atoms with E-state index in [9.17, 15) is 9.59 Å². The van der Waals surface area contributed by atoms with Gasteiger partial charge in [-0.2, -0.15) is 0 Å². The number of hydrogen-bond acceptors (Lipinski definition) is 3. The number of hydrogen-bond donors (Lipinski definition) is 2. The number of nitrogens with zero attached hydrogens (tertiary/aromatic N) is 2. The standard InChI is InChI=1S/C15H21N3O3/c1-2-9-17(11-14(19)20)15(21)13-4-3-10-18(13)12-5-7-16-8-6-12/h2-4,10,12,16H,1,5-9,11H2,(H,19,20). The highest BCUT2D eigenvalue weighted by atomic mass is 16.4. The molecule has 0 aromatic carbocycles. The van der Waals surface area contributed by atoms with Crippen molar-refractivity contribution in [2.24, 2.45) is 0 Å². The Morgan fingerprint density at radius 3 is 2.81 bits per heavy atom. The largest absolute Gasteiger partial charge is 0.480 e. The summed E-state index contributed by atoms with van der Waals surface area (Å²) in [5.74, 6) is -1.29. The average molecular weight is 291 g/mol. The summed E-state index contributed by atoms with van der Waals surface area (Å²) < 4.78 is 1.97. The molecule has 114 valence electrons. The van der Waals surface area contributed by atoms with Gasteiger partial charge in [-0.25, -0.2) is 0 Å². The molecule has 0 atom stereocenters. The fraction of sp³-hybridized carbons (Fsp3) is 0.467. The highest BCUT2D eigenvalue weighted by molar-refractivity contribution is 5.94. The van der Waals surface area contributed by atoms with Crippen molar-refractivity contribution in [1.82, 2.24) is 14.8 Å². The van der Waals surface area contributed by atoms with Crippen molar-refractivity contribution in [3.05, 3.63) is 36.7 Å². The van der Waals surface area contributed by atoms with Crippen molar-refractivity contribution in [2.75, 3.05) is 26.2 Å². The average Bonchev–Trinajstić information content (AvgIpc) is 2.96. The zero-order chi connectivity index (χ0) is 15.2. The number of carboxylic acids is 1. The number of aromatic nitrogens is 1. The minimum absolute atomic E-state index is 0.225.